The van der Waals surface area contributed by atoms with Crippen LogP contribution >= 0.6 is 0 Å². The van der Waals surface area contributed by atoms with E-state index in [1.807, 2.05) is 0 Å². The molecule has 0 spiro atoms. The van der Waals surface area contributed by atoms with E-state index < -0.39 is 17.5 Å². The lowest BCUT2D eigenvalue weighted by atomic mass is 9.84. The lowest BCUT2D eigenvalue weighted by Crippen LogP contribution is -2.41. The molecule has 1 aliphatic heterocycles. The summed E-state index contributed by atoms with van der Waals surface area (Å²) in [4.78, 5) is 23.5. The topological polar surface area (TPSA) is 52.6 Å². The van der Waals surface area contributed by atoms with E-state index in [-0.39, 0.29) is 5.78 Å². The first-order valence-corrected chi connectivity index (χ1v) is 5.33. The van der Waals surface area contributed by atoms with Crippen LogP contribution in [0.15, 0.2) is 0 Å². The van der Waals surface area contributed by atoms with Crippen molar-refractivity contribution in [2.75, 3.05) is 13.2 Å². The summed E-state index contributed by atoms with van der Waals surface area (Å²) < 4.78 is 10.1. The molecule has 1 rings (SSSR count). The second kappa shape index (κ2) is 4.75. The summed E-state index contributed by atoms with van der Waals surface area (Å²) in [6, 6.07) is 0. The van der Waals surface area contributed by atoms with Gasteiger partial charge in [-0.15, -0.1) is 0 Å². The van der Waals surface area contributed by atoms with Crippen LogP contribution in [0.2, 0.25) is 0 Å². The highest BCUT2D eigenvalue weighted by molar-refractivity contribution is 6.05. The first-order chi connectivity index (χ1) is 7.00. The Morgan fingerprint density at radius 2 is 2.13 bits per heavy atom. The van der Waals surface area contributed by atoms with Crippen molar-refractivity contribution < 1.29 is 19.1 Å². The monoisotopic (exact) mass is 214 g/mol. The van der Waals surface area contributed by atoms with Crippen LogP contribution in [0.1, 0.15) is 33.6 Å². The maximum atomic E-state index is 12.0. The van der Waals surface area contributed by atoms with E-state index >= 15 is 0 Å². The number of esters is 1. The van der Waals surface area contributed by atoms with E-state index in [1.54, 1.807) is 20.8 Å². The van der Waals surface area contributed by atoms with Gasteiger partial charge in [0.05, 0.1) is 6.61 Å². The van der Waals surface area contributed by atoms with Crippen molar-refractivity contribution in [3.63, 3.8) is 0 Å². The molecule has 15 heavy (non-hydrogen) atoms. The third-order valence-corrected chi connectivity index (χ3v) is 2.62. The first kappa shape index (κ1) is 12.2. The molecule has 1 aliphatic rings. The lowest BCUT2D eigenvalue weighted by Gasteiger charge is -2.23. The first-order valence-electron chi connectivity index (χ1n) is 5.33. The molecule has 1 atom stereocenters. The fourth-order valence-electron chi connectivity index (χ4n) is 1.60. The highest BCUT2D eigenvalue weighted by atomic mass is 16.5. The zero-order valence-electron chi connectivity index (χ0n) is 9.54. The van der Waals surface area contributed by atoms with E-state index in [4.69, 9.17) is 9.47 Å². The van der Waals surface area contributed by atoms with Crippen LogP contribution in [0.3, 0.4) is 0 Å². The fraction of sp³-hybridized carbons (Fsp3) is 0.818. The average Bonchev–Trinajstić information content (AvgIpc) is 2.69. The minimum Gasteiger partial charge on any atom is -0.465 e. The van der Waals surface area contributed by atoms with Gasteiger partial charge >= 0.3 is 5.97 Å². The number of rotatable bonds is 4. The minimum absolute atomic E-state index is 0.168. The minimum atomic E-state index is -1.09. The van der Waals surface area contributed by atoms with Gasteiger partial charge in [-0.3, -0.25) is 9.59 Å². The number of hydrogen-bond donors (Lipinski definition) is 0. The van der Waals surface area contributed by atoms with Gasteiger partial charge in [0, 0.05) is 6.61 Å². The van der Waals surface area contributed by atoms with Gasteiger partial charge in [0.15, 0.2) is 5.78 Å². The average molecular weight is 214 g/mol. The summed E-state index contributed by atoms with van der Waals surface area (Å²) in [5.74, 6) is -0.635. The molecule has 0 aromatic heterocycles. The highest BCUT2D eigenvalue weighted by Gasteiger charge is 2.42. The molecule has 1 saturated heterocycles. The van der Waals surface area contributed by atoms with Gasteiger partial charge < -0.3 is 9.47 Å². The van der Waals surface area contributed by atoms with Crippen molar-refractivity contribution in [3.05, 3.63) is 0 Å². The highest BCUT2D eigenvalue weighted by Crippen LogP contribution is 2.26. The van der Waals surface area contributed by atoms with Gasteiger partial charge in [-0.25, -0.2) is 0 Å². The van der Waals surface area contributed by atoms with Crippen LogP contribution in [-0.4, -0.2) is 31.1 Å². The van der Waals surface area contributed by atoms with E-state index in [2.05, 4.69) is 0 Å². The molecule has 1 unspecified atom stereocenters. The molecule has 0 amide bonds. The molecule has 0 bridgehead atoms. The molecule has 0 aromatic carbocycles. The summed E-state index contributed by atoms with van der Waals surface area (Å²) >= 11 is 0. The molecule has 0 radical (unpaired) electrons. The summed E-state index contributed by atoms with van der Waals surface area (Å²) in [5, 5.41) is 0. The Hall–Kier alpha value is -0.900. The standard InChI is InChI=1S/C11H18O4/c1-4-14-10(13)11(2,3)9(12)8-6-5-7-15-8/h8H,4-7H2,1-3H3. The van der Waals surface area contributed by atoms with Gasteiger partial charge in [0.25, 0.3) is 0 Å². The molecule has 4 heteroatoms. The molecule has 1 fully saturated rings. The van der Waals surface area contributed by atoms with E-state index in [9.17, 15) is 9.59 Å². The number of ether oxygens (including phenoxy) is 2. The predicted molar refractivity (Wildman–Crippen MR) is 54.4 cm³/mol. The Bertz CT molecular complexity index is 251. The zero-order valence-corrected chi connectivity index (χ0v) is 9.54. The molecule has 0 aliphatic carbocycles. The van der Waals surface area contributed by atoms with Crippen LogP contribution in [0.4, 0.5) is 0 Å². The second-order valence-corrected chi connectivity index (χ2v) is 4.21. The number of ketones is 1. The molecule has 0 saturated carbocycles. The molecule has 1 heterocycles. The van der Waals surface area contributed by atoms with Crippen molar-refractivity contribution in [3.8, 4) is 0 Å². The third kappa shape index (κ3) is 2.56. The number of carbonyl (C=O) groups excluding carboxylic acids is 2. The SMILES string of the molecule is CCOC(=O)C(C)(C)C(=O)C1CCCO1. The van der Waals surface area contributed by atoms with Crippen LogP contribution in [-0.2, 0) is 19.1 Å². The van der Waals surface area contributed by atoms with Gasteiger partial charge in [-0.1, -0.05) is 0 Å². The third-order valence-electron chi connectivity index (χ3n) is 2.62. The fourth-order valence-corrected chi connectivity index (χ4v) is 1.60. The van der Waals surface area contributed by atoms with Crippen LogP contribution in [0.5, 0.6) is 0 Å². The number of hydrogen-bond acceptors (Lipinski definition) is 4. The maximum absolute atomic E-state index is 12.0. The lowest BCUT2D eigenvalue weighted by molar-refractivity contribution is -0.160. The van der Waals surface area contributed by atoms with Gasteiger partial charge in [-0.05, 0) is 33.6 Å². The van der Waals surface area contributed by atoms with Crippen molar-refractivity contribution in [2.45, 2.75) is 39.7 Å². The van der Waals surface area contributed by atoms with Crippen LogP contribution < -0.4 is 0 Å². The molecule has 86 valence electrons. The van der Waals surface area contributed by atoms with E-state index in [0.29, 0.717) is 19.6 Å². The number of carbonyl (C=O) groups is 2. The number of Topliss-reactive ketones (excluding diaryl/α,β-unsaturated/α-hetero) is 1. The summed E-state index contributed by atoms with van der Waals surface area (Å²) in [6.07, 6.45) is 1.17. The molecule has 4 nitrogen and oxygen atoms in total. The zero-order chi connectivity index (χ0) is 11.5. The second-order valence-electron chi connectivity index (χ2n) is 4.21. The maximum Gasteiger partial charge on any atom is 0.319 e. The summed E-state index contributed by atoms with van der Waals surface area (Å²) in [5.41, 5.74) is -1.09. The molecular formula is C11H18O4. The van der Waals surface area contributed by atoms with E-state index in [0.717, 1.165) is 6.42 Å². The Morgan fingerprint density at radius 3 is 2.60 bits per heavy atom. The normalized spacial score (nSPS) is 21.4. The van der Waals surface area contributed by atoms with Crippen LogP contribution in [0, 0.1) is 5.41 Å². The van der Waals surface area contributed by atoms with Gasteiger partial charge in [0.1, 0.15) is 11.5 Å². The largest absolute Gasteiger partial charge is 0.465 e. The summed E-state index contributed by atoms with van der Waals surface area (Å²) in [6.45, 7) is 5.81. The van der Waals surface area contributed by atoms with Crippen molar-refractivity contribution >= 4 is 11.8 Å². The quantitative estimate of drug-likeness (QED) is 0.523. The smallest absolute Gasteiger partial charge is 0.319 e. The Balaban J connectivity index is 2.66. The van der Waals surface area contributed by atoms with Crippen molar-refractivity contribution in [1.82, 2.24) is 0 Å². The van der Waals surface area contributed by atoms with Gasteiger partial charge in [0.2, 0.25) is 0 Å². The Labute approximate surface area is 89.9 Å². The Kier molecular flexibility index (Phi) is 3.85. The summed E-state index contributed by atoms with van der Waals surface area (Å²) in [7, 11) is 0. The van der Waals surface area contributed by atoms with E-state index in [1.165, 1.54) is 0 Å². The Morgan fingerprint density at radius 1 is 1.47 bits per heavy atom. The van der Waals surface area contributed by atoms with Crippen molar-refractivity contribution in [1.29, 1.82) is 0 Å². The predicted octanol–water partition coefficient (Wildman–Crippen LogP) is 1.32. The molecular weight excluding hydrogens is 196 g/mol. The molecule has 0 aromatic rings. The van der Waals surface area contributed by atoms with Crippen LogP contribution in [0.25, 0.3) is 0 Å². The van der Waals surface area contributed by atoms with Gasteiger partial charge in [-0.2, -0.15) is 0 Å². The van der Waals surface area contributed by atoms with Crippen molar-refractivity contribution in [2.24, 2.45) is 5.41 Å². The molecule has 0 N–H and O–H groups in total.